The molecule has 1 unspecified atom stereocenters. The number of hydrogen-bond acceptors (Lipinski definition) is 2. The molecule has 94 valence electrons. The zero-order chi connectivity index (χ0) is 13.1. The van der Waals surface area contributed by atoms with E-state index in [9.17, 15) is 0 Å². The molecule has 0 aliphatic carbocycles. The largest absolute Gasteiger partial charge is 0.399 e. The summed E-state index contributed by atoms with van der Waals surface area (Å²) in [5, 5.41) is 3.46. The van der Waals surface area contributed by atoms with Crippen LogP contribution >= 0.6 is 31.9 Å². The molecule has 0 bridgehead atoms. The standard InChI is InChI=1S/C14H14Br2N2/c1-9(10-3-2-4-11(15)7-10)18-14-6-5-12(17)8-13(14)16/h2-9,18H,17H2,1H3. The van der Waals surface area contributed by atoms with Crippen LogP contribution in [0.3, 0.4) is 0 Å². The highest BCUT2D eigenvalue weighted by molar-refractivity contribution is 9.10. The third-order valence-corrected chi connectivity index (χ3v) is 3.86. The van der Waals surface area contributed by atoms with Gasteiger partial charge in [0.1, 0.15) is 0 Å². The second-order valence-corrected chi connectivity index (χ2v) is 5.93. The molecular formula is C14H14Br2N2. The molecular weight excluding hydrogens is 356 g/mol. The van der Waals surface area contributed by atoms with E-state index in [0.29, 0.717) is 0 Å². The van der Waals surface area contributed by atoms with Crippen LogP contribution in [0.2, 0.25) is 0 Å². The van der Waals surface area contributed by atoms with Crippen LogP contribution in [0, 0.1) is 0 Å². The first-order chi connectivity index (χ1) is 8.56. The SMILES string of the molecule is CC(Nc1ccc(N)cc1Br)c1cccc(Br)c1. The third-order valence-electron chi connectivity index (χ3n) is 2.71. The maximum Gasteiger partial charge on any atom is 0.0490 e. The molecule has 2 rings (SSSR count). The maximum atomic E-state index is 5.73. The van der Waals surface area contributed by atoms with E-state index >= 15 is 0 Å². The fourth-order valence-corrected chi connectivity index (χ4v) is 2.67. The molecule has 0 heterocycles. The molecule has 0 aliphatic heterocycles. The van der Waals surface area contributed by atoms with Crippen LogP contribution in [0.25, 0.3) is 0 Å². The summed E-state index contributed by atoms with van der Waals surface area (Å²) in [6, 6.07) is 14.3. The minimum absolute atomic E-state index is 0.224. The molecule has 0 spiro atoms. The molecule has 18 heavy (non-hydrogen) atoms. The highest BCUT2D eigenvalue weighted by atomic mass is 79.9. The number of nitrogens with two attached hydrogens (primary N) is 1. The van der Waals surface area contributed by atoms with E-state index in [1.165, 1.54) is 5.56 Å². The number of benzene rings is 2. The van der Waals surface area contributed by atoms with Crippen LogP contribution in [0.1, 0.15) is 18.5 Å². The van der Waals surface area contributed by atoms with Gasteiger partial charge in [-0.3, -0.25) is 0 Å². The Morgan fingerprint density at radius 3 is 2.56 bits per heavy atom. The van der Waals surface area contributed by atoms with Gasteiger partial charge in [0.15, 0.2) is 0 Å². The van der Waals surface area contributed by atoms with Gasteiger partial charge in [-0.1, -0.05) is 28.1 Å². The van der Waals surface area contributed by atoms with E-state index in [2.05, 4.69) is 56.2 Å². The van der Waals surface area contributed by atoms with E-state index in [1.54, 1.807) is 0 Å². The minimum Gasteiger partial charge on any atom is -0.399 e. The van der Waals surface area contributed by atoms with Gasteiger partial charge in [0, 0.05) is 26.4 Å². The number of nitrogens with one attached hydrogen (secondary N) is 1. The topological polar surface area (TPSA) is 38.0 Å². The summed E-state index contributed by atoms with van der Waals surface area (Å²) >= 11 is 7.00. The average molecular weight is 370 g/mol. The van der Waals surface area contributed by atoms with E-state index in [1.807, 2.05) is 30.3 Å². The van der Waals surface area contributed by atoms with Crippen molar-refractivity contribution in [3.05, 3.63) is 57.0 Å². The lowest BCUT2D eigenvalue weighted by Gasteiger charge is -2.17. The van der Waals surface area contributed by atoms with Crippen molar-refractivity contribution in [3.63, 3.8) is 0 Å². The Balaban J connectivity index is 2.18. The average Bonchev–Trinajstić information content (AvgIpc) is 2.32. The first-order valence-corrected chi connectivity index (χ1v) is 7.22. The van der Waals surface area contributed by atoms with Crippen molar-refractivity contribution in [2.75, 3.05) is 11.1 Å². The second-order valence-electron chi connectivity index (χ2n) is 4.16. The minimum atomic E-state index is 0.224. The fraction of sp³-hybridized carbons (Fsp3) is 0.143. The summed E-state index contributed by atoms with van der Waals surface area (Å²) in [5.41, 5.74) is 8.75. The lowest BCUT2D eigenvalue weighted by Crippen LogP contribution is -2.07. The van der Waals surface area contributed by atoms with Gasteiger partial charge >= 0.3 is 0 Å². The molecule has 2 aromatic rings. The summed E-state index contributed by atoms with van der Waals surface area (Å²) < 4.78 is 2.06. The van der Waals surface area contributed by atoms with Crippen molar-refractivity contribution in [2.24, 2.45) is 0 Å². The molecule has 4 heteroatoms. The molecule has 0 aromatic heterocycles. The van der Waals surface area contributed by atoms with Crippen molar-refractivity contribution < 1.29 is 0 Å². The lowest BCUT2D eigenvalue weighted by atomic mass is 10.1. The maximum absolute atomic E-state index is 5.73. The summed E-state index contributed by atoms with van der Waals surface area (Å²) in [7, 11) is 0. The fourth-order valence-electron chi connectivity index (χ4n) is 1.74. The zero-order valence-corrected chi connectivity index (χ0v) is 13.1. The summed E-state index contributed by atoms with van der Waals surface area (Å²) in [6.45, 7) is 2.13. The van der Waals surface area contributed by atoms with Gasteiger partial charge in [0.05, 0.1) is 0 Å². The second kappa shape index (κ2) is 5.76. The normalized spacial score (nSPS) is 12.2. The molecule has 2 aromatic carbocycles. The quantitative estimate of drug-likeness (QED) is 0.749. The lowest BCUT2D eigenvalue weighted by molar-refractivity contribution is 0.882. The van der Waals surface area contributed by atoms with Gasteiger partial charge in [0.2, 0.25) is 0 Å². The third kappa shape index (κ3) is 3.27. The van der Waals surface area contributed by atoms with Crippen molar-refractivity contribution in [1.82, 2.24) is 0 Å². The molecule has 3 N–H and O–H groups in total. The van der Waals surface area contributed by atoms with Gasteiger partial charge in [-0.25, -0.2) is 0 Å². The number of nitrogen functional groups attached to an aromatic ring is 1. The Morgan fingerprint density at radius 2 is 1.89 bits per heavy atom. The van der Waals surface area contributed by atoms with Crippen molar-refractivity contribution in [1.29, 1.82) is 0 Å². The van der Waals surface area contributed by atoms with Crippen LogP contribution < -0.4 is 11.1 Å². The highest BCUT2D eigenvalue weighted by Crippen LogP contribution is 2.28. The van der Waals surface area contributed by atoms with E-state index in [-0.39, 0.29) is 6.04 Å². The van der Waals surface area contributed by atoms with Crippen LogP contribution in [0.4, 0.5) is 11.4 Å². The Bertz CT molecular complexity index is 555. The van der Waals surface area contributed by atoms with E-state index in [0.717, 1.165) is 20.3 Å². The number of halogens is 2. The van der Waals surface area contributed by atoms with Gasteiger partial charge in [-0.2, -0.15) is 0 Å². The number of hydrogen-bond donors (Lipinski definition) is 2. The smallest absolute Gasteiger partial charge is 0.0490 e. The van der Waals surface area contributed by atoms with Gasteiger partial charge in [0.25, 0.3) is 0 Å². The first-order valence-electron chi connectivity index (χ1n) is 5.63. The predicted molar refractivity (Wildman–Crippen MR) is 84.7 cm³/mol. The molecule has 0 amide bonds. The molecule has 0 fully saturated rings. The van der Waals surface area contributed by atoms with Gasteiger partial charge in [-0.05, 0) is 58.7 Å². The van der Waals surface area contributed by atoms with E-state index in [4.69, 9.17) is 5.73 Å². The van der Waals surface area contributed by atoms with Crippen LogP contribution in [-0.4, -0.2) is 0 Å². The van der Waals surface area contributed by atoms with Crippen molar-refractivity contribution in [2.45, 2.75) is 13.0 Å². The number of anilines is 2. The molecule has 0 saturated heterocycles. The van der Waals surface area contributed by atoms with Crippen LogP contribution in [-0.2, 0) is 0 Å². The summed E-state index contributed by atoms with van der Waals surface area (Å²) in [6.07, 6.45) is 0. The van der Waals surface area contributed by atoms with Crippen LogP contribution in [0.5, 0.6) is 0 Å². The van der Waals surface area contributed by atoms with Crippen LogP contribution in [0.15, 0.2) is 51.4 Å². The van der Waals surface area contributed by atoms with Crippen molar-refractivity contribution >= 4 is 43.2 Å². The first kappa shape index (κ1) is 13.4. The molecule has 0 radical (unpaired) electrons. The Morgan fingerprint density at radius 1 is 1.11 bits per heavy atom. The zero-order valence-electron chi connectivity index (χ0n) is 9.95. The monoisotopic (exact) mass is 368 g/mol. The van der Waals surface area contributed by atoms with E-state index < -0.39 is 0 Å². The molecule has 0 saturated carbocycles. The molecule has 2 nitrogen and oxygen atoms in total. The predicted octanol–water partition coefficient (Wildman–Crippen LogP) is 4.97. The molecule has 0 aliphatic rings. The number of rotatable bonds is 3. The van der Waals surface area contributed by atoms with Crippen molar-refractivity contribution in [3.8, 4) is 0 Å². The Kier molecular flexibility index (Phi) is 4.30. The Labute approximate surface area is 124 Å². The summed E-state index contributed by atoms with van der Waals surface area (Å²) in [4.78, 5) is 0. The Hall–Kier alpha value is -1.00. The van der Waals surface area contributed by atoms with Gasteiger partial charge in [-0.15, -0.1) is 0 Å². The highest BCUT2D eigenvalue weighted by Gasteiger charge is 2.07. The molecule has 1 atom stereocenters. The summed E-state index contributed by atoms with van der Waals surface area (Å²) in [5.74, 6) is 0. The van der Waals surface area contributed by atoms with Gasteiger partial charge < -0.3 is 11.1 Å².